The smallest absolute Gasteiger partial charge is 0.325 e. The summed E-state index contributed by atoms with van der Waals surface area (Å²) in [6, 6.07) is 3.85. The highest BCUT2D eigenvalue weighted by atomic mass is 16.4. The summed E-state index contributed by atoms with van der Waals surface area (Å²) in [4.78, 5) is 35.0. The van der Waals surface area contributed by atoms with Crippen molar-refractivity contribution in [2.45, 2.75) is 39.7 Å². The van der Waals surface area contributed by atoms with Gasteiger partial charge in [-0.1, -0.05) is 6.42 Å². The number of hydrogen-bond acceptors (Lipinski definition) is 5. The van der Waals surface area contributed by atoms with E-state index in [2.05, 4.69) is 15.1 Å². The fourth-order valence-corrected chi connectivity index (χ4v) is 4.69. The zero-order chi connectivity index (χ0) is 21.0. The SMILES string of the molecule is Cc1ncc(-c2cc(C)c3c(c2)c(C(=O)N2CC4(CCC4)C2)nn3CC(=O)O)cn1. The van der Waals surface area contributed by atoms with Gasteiger partial charge >= 0.3 is 5.97 Å². The summed E-state index contributed by atoms with van der Waals surface area (Å²) in [5.41, 5.74) is 3.88. The molecule has 1 aromatic carbocycles. The quantitative estimate of drug-likeness (QED) is 0.716. The van der Waals surface area contributed by atoms with Crippen LogP contribution in [0.1, 0.15) is 41.1 Å². The summed E-state index contributed by atoms with van der Waals surface area (Å²) in [7, 11) is 0. The van der Waals surface area contributed by atoms with Crippen molar-refractivity contribution in [3.8, 4) is 11.1 Å². The van der Waals surface area contributed by atoms with Crippen molar-refractivity contribution in [1.29, 1.82) is 0 Å². The average molecular weight is 405 g/mol. The van der Waals surface area contributed by atoms with Crippen molar-refractivity contribution in [2.75, 3.05) is 13.1 Å². The molecule has 1 aliphatic carbocycles. The van der Waals surface area contributed by atoms with Gasteiger partial charge in [0.1, 0.15) is 12.4 Å². The topological polar surface area (TPSA) is 101 Å². The van der Waals surface area contributed by atoms with E-state index >= 15 is 0 Å². The number of carbonyl (C=O) groups is 2. The second-order valence-electron chi connectivity index (χ2n) is 8.62. The number of likely N-dealkylation sites (tertiary alicyclic amines) is 1. The van der Waals surface area contributed by atoms with Crippen LogP contribution in [0, 0.1) is 19.3 Å². The molecule has 2 aliphatic rings. The molecule has 1 amide bonds. The number of amides is 1. The molecule has 0 bridgehead atoms. The average Bonchev–Trinajstić information content (AvgIpc) is 2.98. The molecule has 2 aromatic heterocycles. The van der Waals surface area contributed by atoms with Crippen LogP contribution in [0.15, 0.2) is 24.5 Å². The number of aryl methyl sites for hydroxylation is 2. The molecular weight excluding hydrogens is 382 g/mol. The molecule has 3 heterocycles. The fourth-order valence-electron chi connectivity index (χ4n) is 4.69. The van der Waals surface area contributed by atoms with E-state index in [1.54, 1.807) is 12.4 Å². The van der Waals surface area contributed by atoms with Crippen molar-refractivity contribution in [1.82, 2.24) is 24.6 Å². The minimum absolute atomic E-state index is 0.127. The number of rotatable bonds is 4. The Labute approximate surface area is 173 Å². The number of fused-ring (bicyclic) bond motifs is 1. The van der Waals surface area contributed by atoms with Crippen LogP contribution in [0.2, 0.25) is 0 Å². The molecule has 0 atom stereocenters. The Hall–Kier alpha value is -3.29. The third-order valence-electron chi connectivity index (χ3n) is 6.39. The van der Waals surface area contributed by atoms with E-state index in [0.29, 0.717) is 27.8 Å². The van der Waals surface area contributed by atoms with Gasteiger partial charge in [-0.05, 0) is 49.9 Å². The van der Waals surface area contributed by atoms with E-state index in [1.165, 1.54) is 23.9 Å². The van der Waals surface area contributed by atoms with Gasteiger partial charge in [0, 0.05) is 41.8 Å². The Morgan fingerprint density at radius 1 is 1.10 bits per heavy atom. The van der Waals surface area contributed by atoms with Gasteiger partial charge in [0.15, 0.2) is 5.69 Å². The maximum Gasteiger partial charge on any atom is 0.325 e. The molecule has 1 saturated carbocycles. The van der Waals surface area contributed by atoms with Crippen LogP contribution in [0.4, 0.5) is 0 Å². The predicted octanol–water partition coefficient (Wildman–Crippen LogP) is 2.82. The van der Waals surface area contributed by atoms with E-state index < -0.39 is 5.97 Å². The first-order valence-electron chi connectivity index (χ1n) is 10.2. The van der Waals surface area contributed by atoms with Crippen LogP contribution in [0.3, 0.4) is 0 Å². The molecule has 0 unspecified atom stereocenters. The monoisotopic (exact) mass is 405 g/mol. The number of carbonyl (C=O) groups excluding carboxylic acids is 1. The maximum atomic E-state index is 13.2. The number of carboxylic acid groups (broad SMARTS) is 1. The lowest BCUT2D eigenvalue weighted by molar-refractivity contribution is -0.137. The second-order valence-corrected chi connectivity index (χ2v) is 8.62. The van der Waals surface area contributed by atoms with E-state index in [-0.39, 0.29) is 12.5 Å². The van der Waals surface area contributed by atoms with E-state index in [1.807, 2.05) is 30.9 Å². The lowest BCUT2D eigenvalue weighted by Crippen LogP contribution is -2.61. The molecule has 5 rings (SSSR count). The summed E-state index contributed by atoms with van der Waals surface area (Å²) in [6.07, 6.45) is 7.10. The highest BCUT2D eigenvalue weighted by Crippen LogP contribution is 2.48. The van der Waals surface area contributed by atoms with Crippen molar-refractivity contribution < 1.29 is 14.7 Å². The molecule has 30 heavy (non-hydrogen) atoms. The first-order chi connectivity index (χ1) is 14.3. The van der Waals surface area contributed by atoms with Crippen LogP contribution in [-0.4, -0.2) is 54.7 Å². The predicted molar refractivity (Wildman–Crippen MR) is 110 cm³/mol. The second kappa shape index (κ2) is 6.62. The number of aromatic nitrogens is 4. The lowest BCUT2D eigenvalue weighted by atomic mass is 9.63. The van der Waals surface area contributed by atoms with Crippen LogP contribution < -0.4 is 0 Å². The van der Waals surface area contributed by atoms with Gasteiger partial charge in [-0.3, -0.25) is 14.3 Å². The summed E-state index contributed by atoms with van der Waals surface area (Å²) in [5.74, 6) is -0.436. The molecule has 3 aromatic rings. The third-order valence-corrected chi connectivity index (χ3v) is 6.39. The zero-order valence-corrected chi connectivity index (χ0v) is 17.1. The van der Waals surface area contributed by atoms with Gasteiger partial charge in [0.25, 0.3) is 5.91 Å². The van der Waals surface area contributed by atoms with E-state index in [9.17, 15) is 14.7 Å². The maximum absolute atomic E-state index is 13.2. The van der Waals surface area contributed by atoms with Crippen LogP contribution in [-0.2, 0) is 11.3 Å². The first-order valence-corrected chi connectivity index (χ1v) is 10.2. The largest absolute Gasteiger partial charge is 0.480 e. The van der Waals surface area contributed by atoms with Gasteiger partial charge in [0.2, 0.25) is 0 Å². The van der Waals surface area contributed by atoms with Crippen molar-refractivity contribution >= 4 is 22.8 Å². The standard InChI is InChI=1S/C22H23N5O3/c1-13-6-15(16-8-23-14(2)24-9-16)7-17-19(25-27(20(13)17)10-18(28)29)21(30)26-11-22(12-26)4-3-5-22/h6-9H,3-5,10-12H2,1-2H3,(H,28,29). The minimum atomic E-state index is -0.994. The number of nitrogens with zero attached hydrogens (tertiary/aromatic N) is 5. The van der Waals surface area contributed by atoms with E-state index in [4.69, 9.17) is 0 Å². The molecule has 0 radical (unpaired) electrons. The normalized spacial score (nSPS) is 17.1. The summed E-state index contributed by atoms with van der Waals surface area (Å²) < 4.78 is 1.43. The molecule has 8 nitrogen and oxygen atoms in total. The van der Waals surface area contributed by atoms with Gasteiger partial charge in [-0.15, -0.1) is 0 Å². The zero-order valence-electron chi connectivity index (χ0n) is 17.1. The molecule has 1 spiro atoms. The van der Waals surface area contributed by atoms with Crippen molar-refractivity contribution in [3.63, 3.8) is 0 Å². The summed E-state index contributed by atoms with van der Waals surface area (Å²) in [6.45, 7) is 4.98. The molecule has 2 fully saturated rings. The van der Waals surface area contributed by atoms with Gasteiger partial charge in [-0.2, -0.15) is 5.10 Å². The molecule has 1 saturated heterocycles. The summed E-state index contributed by atoms with van der Waals surface area (Å²) in [5, 5.41) is 14.4. The number of carboxylic acids is 1. The Balaban J connectivity index is 1.60. The van der Waals surface area contributed by atoms with Crippen LogP contribution in [0.25, 0.3) is 22.0 Å². The van der Waals surface area contributed by atoms with Crippen molar-refractivity contribution in [3.05, 3.63) is 41.6 Å². The lowest BCUT2D eigenvalue weighted by Gasteiger charge is -2.55. The number of aliphatic carboxylic acids is 1. The Morgan fingerprint density at radius 2 is 1.80 bits per heavy atom. The molecule has 1 aliphatic heterocycles. The number of benzene rings is 1. The molecule has 8 heteroatoms. The van der Waals surface area contributed by atoms with Crippen molar-refractivity contribution in [2.24, 2.45) is 5.41 Å². The Morgan fingerprint density at radius 3 is 2.40 bits per heavy atom. The van der Waals surface area contributed by atoms with E-state index in [0.717, 1.165) is 29.8 Å². The Bertz CT molecular complexity index is 1170. The van der Waals surface area contributed by atoms with Crippen LogP contribution in [0.5, 0.6) is 0 Å². The third kappa shape index (κ3) is 2.94. The Kier molecular flexibility index (Phi) is 4.13. The number of hydrogen-bond donors (Lipinski definition) is 1. The summed E-state index contributed by atoms with van der Waals surface area (Å²) >= 11 is 0. The molecular formula is C22H23N5O3. The highest BCUT2D eigenvalue weighted by molar-refractivity contribution is 6.07. The fraction of sp³-hybridized carbons (Fsp3) is 0.409. The molecule has 1 N–H and O–H groups in total. The van der Waals surface area contributed by atoms with Gasteiger partial charge < -0.3 is 10.0 Å². The van der Waals surface area contributed by atoms with Gasteiger partial charge in [-0.25, -0.2) is 9.97 Å². The minimum Gasteiger partial charge on any atom is -0.480 e. The van der Waals surface area contributed by atoms with Crippen LogP contribution >= 0.6 is 0 Å². The molecule has 154 valence electrons. The van der Waals surface area contributed by atoms with Gasteiger partial charge in [0.05, 0.1) is 5.52 Å². The highest BCUT2D eigenvalue weighted by Gasteiger charge is 2.49. The first kappa shape index (κ1) is 18.7.